The van der Waals surface area contributed by atoms with Crippen LogP contribution in [0.15, 0.2) is 59.8 Å². The van der Waals surface area contributed by atoms with Gasteiger partial charge in [0.1, 0.15) is 11.6 Å². The molecule has 2 aliphatic heterocycles. The Morgan fingerprint density at radius 1 is 0.957 bits per heavy atom. The number of hydrogen-bond acceptors (Lipinski definition) is 4. The smallest absolute Gasteiger partial charge is 0.278 e. The van der Waals surface area contributed by atoms with Gasteiger partial charge in [-0.05, 0) is 19.1 Å². The summed E-state index contributed by atoms with van der Waals surface area (Å²) in [6, 6.07) is 16.6. The van der Waals surface area contributed by atoms with E-state index < -0.39 is 12.0 Å². The Bertz CT molecular complexity index is 812. The fraction of sp³-hybridized carbons (Fsp3) is 0.167. The minimum atomic E-state index is -0.862. The Kier molecular flexibility index (Phi) is 3.01. The number of nitrogens with zero attached hydrogens (tertiary/aromatic N) is 2. The van der Waals surface area contributed by atoms with Crippen molar-refractivity contribution in [3.8, 4) is 0 Å². The van der Waals surface area contributed by atoms with Gasteiger partial charge in [0, 0.05) is 5.56 Å². The van der Waals surface area contributed by atoms with E-state index in [1.165, 1.54) is 4.90 Å². The Labute approximate surface area is 133 Å². The molecule has 5 heteroatoms. The first kappa shape index (κ1) is 13.7. The van der Waals surface area contributed by atoms with Crippen LogP contribution < -0.4 is 4.90 Å². The molecular formula is C18H14N2O3. The number of aryl methyl sites for hydroxylation is 1. The highest BCUT2D eigenvalue weighted by Gasteiger charge is 2.56. The number of imide groups is 1. The van der Waals surface area contributed by atoms with Gasteiger partial charge < -0.3 is 4.84 Å². The van der Waals surface area contributed by atoms with Gasteiger partial charge in [-0.3, -0.25) is 9.59 Å². The van der Waals surface area contributed by atoms with Crippen molar-refractivity contribution in [3.05, 3.63) is 65.7 Å². The SMILES string of the molecule is Cc1ccc(C2=NO[C@@H]3C(=O)N(c4ccccc4)C(=O)[C@H]23)cc1. The molecule has 0 bridgehead atoms. The molecule has 2 aromatic carbocycles. The first-order valence-electron chi connectivity index (χ1n) is 7.40. The van der Waals surface area contributed by atoms with Crippen molar-refractivity contribution in [3.63, 3.8) is 0 Å². The normalized spacial score (nSPS) is 22.8. The van der Waals surface area contributed by atoms with Crippen molar-refractivity contribution in [1.29, 1.82) is 0 Å². The first-order valence-corrected chi connectivity index (χ1v) is 7.40. The Morgan fingerprint density at radius 2 is 1.65 bits per heavy atom. The van der Waals surface area contributed by atoms with Crippen LogP contribution in [-0.4, -0.2) is 23.6 Å². The fourth-order valence-electron chi connectivity index (χ4n) is 2.97. The molecule has 114 valence electrons. The van der Waals surface area contributed by atoms with Crippen molar-refractivity contribution >= 4 is 23.2 Å². The van der Waals surface area contributed by atoms with Crippen LogP contribution in [0.4, 0.5) is 5.69 Å². The molecule has 0 spiro atoms. The Morgan fingerprint density at radius 3 is 2.35 bits per heavy atom. The predicted octanol–water partition coefficient (Wildman–Crippen LogP) is 2.29. The van der Waals surface area contributed by atoms with E-state index >= 15 is 0 Å². The van der Waals surface area contributed by atoms with Crippen LogP contribution in [0.1, 0.15) is 11.1 Å². The van der Waals surface area contributed by atoms with Crippen LogP contribution >= 0.6 is 0 Å². The van der Waals surface area contributed by atoms with Crippen molar-refractivity contribution < 1.29 is 14.4 Å². The summed E-state index contributed by atoms with van der Waals surface area (Å²) in [5, 5.41) is 4.00. The number of anilines is 1. The largest absolute Gasteiger partial charge is 0.381 e. The highest BCUT2D eigenvalue weighted by atomic mass is 16.6. The molecule has 0 unspecified atom stereocenters. The van der Waals surface area contributed by atoms with Crippen molar-refractivity contribution in [1.82, 2.24) is 0 Å². The lowest BCUT2D eigenvalue weighted by atomic mass is 9.93. The lowest BCUT2D eigenvalue weighted by molar-refractivity contribution is -0.126. The number of amides is 2. The number of benzene rings is 2. The maximum atomic E-state index is 12.8. The topological polar surface area (TPSA) is 59.0 Å². The van der Waals surface area contributed by atoms with E-state index in [-0.39, 0.29) is 11.8 Å². The number of hydrogen-bond donors (Lipinski definition) is 0. The number of para-hydroxylation sites is 1. The Hall–Kier alpha value is -2.95. The second-order valence-electron chi connectivity index (χ2n) is 5.69. The van der Waals surface area contributed by atoms with E-state index in [1.807, 2.05) is 37.3 Å². The molecule has 1 fully saturated rings. The summed E-state index contributed by atoms with van der Waals surface area (Å²) in [5.41, 5.74) is 3.00. The second kappa shape index (κ2) is 5.05. The molecule has 0 aliphatic carbocycles. The van der Waals surface area contributed by atoms with E-state index in [4.69, 9.17) is 4.84 Å². The van der Waals surface area contributed by atoms with Crippen LogP contribution in [0.5, 0.6) is 0 Å². The average Bonchev–Trinajstić information content (AvgIpc) is 3.10. The van der Waals surface area contributed by atoms with E-state index in [9.17, 15) is 9.59 Å². The summed E-state index contributed by atoms with van der Waals surface area (Å²) < 4.78 is 0. The van der Waals surface area contributed by atoms with Gasteiger partial charge >= 0.3 is 0 Å². The fourth-order valence-corrected chi connectivity index (χ4v) is 2.97. The molecule has 2 aromatic rings. The van der Waals surface area contributed by atoms with E-state index in [0.717, 1.165) is 11.1 Å². The van der Waals surface area contributed by atoms with Gasteiger partial charge in [0.05, 0.1) is 5.69 Å². The van der Waals surface area contributed by atoms with Gasteiger partial charge in [0.2, 0.25) is 12.0 Å². The molecule has 4 rings (SSSR count). The van der Waals surface area contributed by atoms with Crippen LogP contribution in [0.2, 0.25) is 0 Å². The lowest BCUT2D eigenvalue weighted by Crippen LogP contribution is -2.33. The lowest BCUT2D eigenvalue weighted by Gasteiger charge is -2.15. The minimum absolute atomic E-state index is 0.289. The number of carbonyl (C=O) groups is 2. The summed E-state index contributed by atoms with van der Waals surface area (Å²) in [6.07, 6.45) is -0.862. The molecule has 5 nitrogen and oxygen atoms in total. The van der Waals surface area contributed by atoms with Crippen LogP contribution in [0.3, 0.4) is 0 Å². The highest BCUT2D eigenvalue weighted by molar-refractivity contribution is 6.32. The summed E-state index contributed by atoms with van der Waals surface area (Å²) in [5.74, 6) is -1.33. The molecule has 0 saturated carbocycles. The van der Waals surface area contributed by atoms with Crippen LogP contribution in [0, 0.1) is 12.8 Å². The minimum Gasteiger partial charge on any atom is -0.381 e. The first-order chi connectivity index (χ1) is 11.2. The average molecular weight is 306 g/mol. The maximum absolute atomic E-state index is 12.8. The summed E-state index contributed by atoms with van der Waals surface area (Å²) in [6.45, 7) is 1.99. The third-order valence-corrected chi connectivity index (χ3v) is 4.17. The third-order valence-electron chi connectivity index (χ3n) is 4.17. The summed E-state index contributed by atoms with van der Waals surface area (Å²) >= 11 is 0. The highest BCUT2D eigenvalue weighted by Crippen LogP contribution is 2.34. The molecule has 2 atom stereocenters. The predicted molar refractivity (Wildman–Crippen MR) is 85.0 cm³/mol. The van der Waals surface area contributed by atoms with Gasteiger partial charge in [-0.1, -0.05) is 53.2 Å². The van der Waals surface area contributed by atoms with Crippen molar-refractivity contribution in [2.24, 2.45) is 11.1 Å². The van der Waals surface area contributed by atoms with Gasteiger partial charge in [-0.2, -0.15) is 0 Å². The zero-order valence-corrected chi connectivity index (χ0v) is 12.5. The molecule has 2 aliphatic rings. The van der Waals surface area contributed by atoms with E-state index in [1.54, 1.807) is 24.3 Å². The molecule has 1 saturated heterocycles. The number of fused-ring (bicyclic) bond motifs is 1. The summed E-state index contributed by atoms with van der Waals surface area (Å²) in [7, 11) is 0. The summed E-state index contributed by atoms with van der Waals surface area (Å²) in [4.78, 5) is 31.8. The Balaban J connectivity index is 1.71. The molecule has 23 heavy (non-hydrogen) atoms. The van der Waals surface area contributed by atoms with Gasteiger partial charge in [-0.25, -0.2) is 4.90 Å². The second-order valence-corrected chi connectivity index (χ2v) is 5.69. The molecule has 2 heterocycles. The quantitative estimate of drug-likeness (QED) is 0.800. The zero-order chi connectivity index (χ0) is 16.0. The number of rotatable bonds is 2. The molecule has 0 aromatic heterocycles. The van der Waals surface area contributed by atoms with Crippen molar-refractivity contribution in [2.75, 3.05) is 4.90 Å². The monoisotopic (exact) mass is 306 g/mol. The standard InChI is InChI=1S/C18H14N2O3/c1-11-7-9-12(10-8-11)15-14-16(23-19-15)18(22)20(17(14)21)13-5-3-2-4-6-13/h2-10,14,16H,1H3/t14-,16+/m1/s1. The third kappa shape index (κ3) is 2.04. The van der Waals surface area contributed by atoms with Gasteiger partial charge in [0.15, 0.2) is 0 Å². The molecular weight excluding hydrogens is 292 g/mol. The molecule has 0 N–H and O–H groups in total. The number of oxime groups is 1. The van der Waals surface area contributed by atoms with Gasteiger partial charge in [0.25, 0.3) is 5.91 Å². The van der Waals surface area contributed by atoms with Crippen molar-refractivity contribution in [2.45, 2.75) is 13.0 Å². The zero-order valence-electron chi connectivity index (χ0n) is 12.5. The van der Waals surface area contributed by atoms with E-state index in [2.05, 4.69) is 5.16 Å². The van der Waals surface area contributed by atoms with E-state index in [0.29, 0.717) is 11.4 Å². The molecule has 2 amide bonds. The molecule has 0 radical (unpaired) electrons. The van der Waals surface area contributed by atoms with Crippen LogP contribution in [-0.2, 0) is 14.4 Å². The van der Waals surface area contributed by atoms with Crippen LogP contribution in [0.25, 0.3) is 0 Å². The maximum Gasteiger partial charge on any atom is 0.278 e. The number of carbonyl (C=O) groups excluding carboxylic acids is 2. The van der Waals surface area contributed by atoms with Gasteiger partial charge in [-0.15, -0.1) is 0 Å².